The first-order valence-corrected chi connectivity index (χ1v) is 17.2. The van der Waals surface area contributed by atoms with E-state index in [0.717, 1.165) is 11.5 Å². The molecule has 0 aromatic rings. The van der Waals surface area contributed by atoms with Crippen molar-refractivity contribution < 1.29 is 19.1 Å². The van der Waals surface area contributed by atoms with Gasteiger partial charge in [0.1, 0.15) is 13.2 Å². The average Bonchev–Trinajstić information content (AvgIpc) is 3.46. The predicted molar refractivity (Wildman–Crippen MR) is 151 cm³/mol. The lowest BCUT2D eigenvalue weighted by molar-refractivity contribution is -0.138. The highest BCUT2D eigenvalue weighted by molar-refractivity contribution is 8.20. The Kier molecular flexibility index (Phi) is 16.1. The first-order chi connectivity index (χ1) is 15.6. The van der Waals surface area contributed by atoms with Crippen molar-refractivity contribution in [1.82, 2.24) is 0 Å². The van der Waals surface area contributed by atoms with Gasteiger partial charge in [0.15, 0.2) is 0 Å². The molecule has 0 radical (unpaired) electrons. The largest absolute Gasteiger partial charge is 0.461 e. The van der Waals surface area contributed by atoms with E-state index in [1.807, 2.05) is 47.0 Å². The normalized spacial score (nSPS) is 24.9. The zero-order chi connectivity index (χ0) is 23.0. The molecule has 10 heteroatoms. The summed E-state index contributed by atoms with van der Waals surface area (Å²) in [6.07, 6.45) is 7.47. The summed E-state index contributed by atoms with van der Waals surface area (Å²) in [5.74, 6) is 6.46. The quantitative estimate of drug-likeness (QED) is 0.125. The highest BCUT2D eigenvalue weighted by atomic mass is 32.2. The maximum atomic E-state index is 11.1. The van der Waals surface area contributed by atoms with Gasteiger partial charge in [0.05, 0.1) is 9.16 Å². The molecule has 4 atom stereocenters. The van der Waals surface area contributed by atoms with Gasteiger partial charge in [-0.2, -0.15) is 23.5 Å². The maximum Gasteiger partial charge on any atom is 0.330 e. The van der Waals surface area contributed by atoms with Crippen molar-refractivity contribution in [1.29, 1.82) is 0 Å². The van der Waals surface area contributed by atoms with Gasteiger partial charge in [0, 0.05) is 45.7 Å². The molecule has 0 aliphatic carbocycles. The van der Waals surface area contributed by atoms with Gasteiger partial charge in [-0.25, -0.2) is 9.59 Å². The van der Waals surface area contributed by atoms with E-state index < -0.39 is 0 Å². The molecule has 0 aromatic heterocycles. The van der Waals surface area contributed by atoms with Gasteiger partial charge in [0.2, 0.25) is 0 Å². The monoisotopic (exact) mass is 554 g/mol. The van der Waals surface area contributed by atoms with Gasteiger partial charge in [0.25, 0.3) is 0 Å². The molecule has 0 saturated carbocycles. The summed E-state index contributed by atoms with van der Waals surface area (Å²) in [7, 11) is 0. The van der Waals surface area contributed by atoms with Crippen LogP contribution in [0.25, 0.3) is 0 Å². The third-order valence-electron chi connectivity index (χ3n) is 4.61. The van der Waals surface area contributed by atoms with Gasteiger partial charge < -0.3 is 9.47 Å². The third kappa shape index (κ3) is 12.8. The lowest BCUT2D eigenvalue weighted by Crippen LogP contribution is -2.14. The van der Waals surface area contributed by atoms with Crippen LogP contribution in [0, 0.1) is 0 Å². The van der Waals surface area contributed by atoms with Crippen molar-refractivity contribution in [3.05, 3.63) is 25.3 Å². The van der Waals surface area contributed by atoms with Gasteiger partial charge in [-0.3, -0.25) is 0 Å². The smallest absolute Gasteiger partial charge is 0.330 e. The highest BCUT2D eigenvalue weighted by Gasteiger charge is 2.27. The number of carbonyl (C=O) groups is 2. The zero-order valence-corrected chi connectivity index (χ0v) is 23.3. The van der Waals surface area contributed by atoms with E-state index in [2.05, 4.69) is 36.7 Å². The van der Waals surface area contributed by atoms with E-state index >= 15 is 0 Å². The number of rotatable bonds is 17. The second-order valence-corrected chi connectivity index (χ2v) is 15.8. The Morgan fingerprint density at radius 3 is 1.62 bits per heavy atom. The van der Waals surface area contributed by atoms with Crippen LogP contribution in [0.2, 0.25) is 0 Å². The summed E-state index contributed by atoms with van der Waals surface area (Å²) in [6, 6.07) is 0. The van der Waals surface area contributed by atoms with Crippen LogP contribution in [0.5, 0.6) is 0 Å². The number of esters is 2. The third-order valence-corrected chi connectivity index (χ3v) is 13.8. The van der Waals surface area contributed by atoms with Crippen molar-refractivity contribution >= 4 is 82.5 Å². The van der Waals surface area contributed by atoms with Gasteiger partial charge >= 0.3 is 11.9 Å². The molecule has 0 amide bonds. The molecule has 0 bridgehead atoms. The number of thioether (sulfide) groups is 6. The molecule has 32 heavy (non-hydrogen) atoms. The molecular formula is C22H34O4S6. The average molecular weight is 555 g/mol. The lowest BCUT2D eigenvalue weighted by atomic mass is 10.4. The Balaban J connectivity index is 1.34. The van der Waals surface area contributed by atoms with Crippen LogP contribution in [-0.4, -0.2) is 79.3 Å². The second-order valence-electron chi connectivity index (χ2n) is 7.22. The molecule has 0 aromatic carbocycles. The van der Waals surface area contributed by atoms with Crippen LogP contribution < -0.4 is 0 Å². The fourth-order valence-electron chi connectivity index (χ4n) is 2.99. The van der Waals surface area contributed by atoms with Crippen molar-refractivity contribution in [3.63, 3.8) is 0 Å². The zero-order valence-electron chi connectivity index (χ0n) is 18.4. The van der Waals surface area contributed by atoms with Crippen molar-refractivity contribution in [2.75, 3.05) is 47.7 Å². The van der Waals surface area contributed by atoms with E-state index in [1.54, 1.807) is 0 Å². The van der Waals surface area contributed by atoms with E-state index in [4.69, 9.17) is 9.47 Å². The van der Waals surface area contributed by atoms with Crippen LogP contribution in [0.4, 0.5) is 0 Å². The van der Waals surface area contributed by atoms with Crippen molar-refractivity contribution in [2.24, 2.45) is 0 Å². The molecule has 2 aliphatic heterocycles. The minimum Gasteiger partial charge on any atom is -0.461 e. The van der Waals surface area contributed by atoms with E-state index in [9.17, 15) is 9.59 Å². The van der Waals surface area contributed by atoms with Crippen LogP contribution in [-0.2, 0) is 19.1 Å². The van der Waals surface area contributed by atoms with E-state index in [0.29, 0.717) is 32.9 Å². The molecule has 0 N–H and O–H groups in total. The SMILES string of the molecule is C=CC(=O)OCC1CSC(CCCSCCSCCCC2SCC(COC(=O)C=C)S2)S1. The fourth-order valence-corrected chi connectivity index (χ4v) is 11.7. The summed E-state index contributed by atoms with van der Waals surface area (Å²) in [4.78, 5) is 22.3. The van der Waals surface area contributed by atoms with Gasteiger partial charge in [-0.1, -0.05) is 13.2 Å². The number of ether oxygens (including phenoxy) is 2. The van der Waals surface area contributed by atoms with Crippen LogP contribution in [0.3, 0.4) is 0 Å². The number of carbonyl (C=O) groups excluding carboxylic acids is 2. The molecule has 2 fully saturated rings. The molecule has 2 saturated heterocycles. The highest BCUT2D eigenvalue weighted by Crippen LogP contribution is 2.41. The second kappa shape index (κ2) is 17.9. The molecule has 2 rings (SSSR count). The molecule has 0 spiro atoms. The minimum absolute atomic E-state index is 0.318. The maximum absolute atomic E-state index is 11.1. The van der Waals surface area contributed by atoms with Gasteiger partial charge in [-0.05, 0) is 37.2 Å². The fraction of sp³-hybridized carbons (Fsp3) is 0.727. The predicted octanol–water partition coefficient (Wildman–Crippen LogP) is 5.82. The van der Waals surface area contributed by atoms with Crippen LogP contribution in [0.1, 0.15) is 25.7 Å². The van der Waals surface area contributed by atoms with Gasteiger partial charge in [-0.15, -0.1) is 47.0 Å². The number of hydrogen-bond donors (Lipinski definition) is 0. The van der Waals surface area contributed by atoms with Crippen LogP contribution >= 0.6 is 70.6 Å². The molecule has 2 aliphatic rings. The van der Waals surface area contributed by atoms with Crippen molar-refractivity contribution in [3.8, 4) is 0 Å². The standard InChI is InChI=1S/C22H34O4S6/c1-3-19(23)25-13-17-15-29-21(31-17)7-5-9-27-11-12-28-10-6-8-22-30-16-18(32-22)14-26-20(24)4-2/h3-4,17-18,21-22H,1-2,5-16H2. The first kappa shape index (κ1) is 28.8. The topological polar surface area (TPSA) is 52.6 Å². The summed E-state index contributed by atoms with van der Waals surface area (Å²) < 4.78 is 11.6. The number of hydrogen-bond acceptors (Lipinski definition) is 10. The van der Waals surface area contributed by atoms with Crippen molar-refractivity contribution in [2.45, 2.75) is 45.3 Å². The Labute approximate surface area is 218 Å². The molecule has 4 unspecified atom stereocenters. The molecule has 2 heterocycles. The minimum atomic E-state index is -0.318. The van der Waals surface area contributed by atoms with E-state index in [-0.39, 0.29) is 11.9 Å². The summed E-state index contributed by atoms with van der Waals surface area (Å²) in [5.41, 5.74) is 0. The Hall–Kier alpha value is 0.520. The summed E-state index contributed by atoms with van der Waals surface area (Å²) in [6.45, 7) is 7.88. The summed E-state index contributed by atoms with van der Waals surface area (Å²) >= 11 is 12.1. The lowest BCUT2D eigenvalue weighted by Gasteiger charge is -2.11. The molecular weight excluding hydrogens is 521 g/mol. The van der Waals surface area contributed by atoms with E-state index in [1.165, 1.54) is 60.8 Å². The Bertz CT molecular complexity index is 541. The molecule has 182 valence electrons. The Morgan fingerprint density at radius 2 is 1.22 bits per heavy atom. The molecule has 4 nitrogen and oxygen atoms in total. The first-order valence-electron chi connectivity index (χ1n) is 10.9. The van der Waals surface area contributed by atoms with Crippen LogP contribution in [0.15, 0.2) is 25.3 Å². The Morgan fingerprint density at radius 1 is 0.781 bits per heavy atom. The summed E-state index contributed by atoms with van der Waals surface area (Å²) in [5, 5.41) is 0.860.